The van der Waals surface area contributed by atoms with Gasteiger partial charge in [-0.05, 0) is 49.3 Å². The zero-order chi connectivity index (χ0) is 17.1. The lowest BCUT2D eigenvalue weighted by Gasteiger charge is -2.30. The Balaban J connectivity index is 1.59. The molecule has 1 fully saturated rings. The number of benzene rings is 1. The second-order valence-corrected chi connectivity index (χ2v) is 6.34. The van der Waals surface area contributed by atoms with Crippen molar-refractivity contribution in [2.45, 2.75) is 26.7 Å². The maximum Gasteiger partial charge on any atom is 0.291 e. The van der Waals surface area contributed by atoms with Gasteiger partial charge in [-0.2, -0.15) is 4.98 Å². The van der Waals surface area contributed by atoms with Crippen LogP contribution in [-0.4, -0.2) is 39.1 Å². The van der Waals surface area contributed by atoms with Crippen molar-refractivity contribution in [2.75, 3.05) is 18.8 Å². The van der Waals surface area contributed by atoms with Gasteiger partial charge in [-0.15, -0.1) is 5.10 Å². The van der Waals surface area contributed by atoms with Crippen molar-refractivity contribution in [1.82, 2.24) is 20.1 Å². The van der Waals surface area contributed by atoms with Crippen LogP contribution in [0.4, 0.5) is 5.95 Å². The van der Waals surface area contributed by atoms with Crippen LogP contribution in [0.25, 0.3) is 6.08 Å². The highest BCUT2D eigenvalue weighted by Crippen LogP contribution is 2.22. The first-order chi connectivity index (χ1) is 11.5. The number of H-pyrrole nitrogens is 1. The number of nitrogen functional groups attached to an aromatic ring is 1. The van der Waals surface area contributed by atoms with Crippen LogP contribution in [0.5, 0.6) is 0 Å². The van der Waals surface area contributed by atoms with Gasteiger partial charge in [0.25, 0.3) is 5.91 Å². The molecule has 0 spiro atoms. The molecule has 126 valence electrons. The molecule has 3 N–H and O–H groups in total. The number of rotatable bonds is 3. The fourth-order valence-electron chi connectivity index (χ4n) is 3.14. The average Bonchev–Trinajstić information content (AvgIpc) is 3.01. The van der Waals surface area contributed by atoms with E-state index in [1.807, 2.05) is 4.90 Å². The van der Waals surface area contributed by atoms with Gasteiger partial charge in [-0.1, -0.05) is 30.4 Å². The molecule has 0 saturated carbocycles. The first-order valence-corrected chi connectivity index (χ1v) is 8.26. The number of carbonyl (C=O) groups is 1. The van der Waals surface area contributed by atoms with Gasteiger partial charge in [0, 0.05) is 13.1 Å². The predicted molar refractivity (Wildman–Crippen MR) is 94.4 cm³/mol. The van der Waals surface area contributed by atoms with Gasteiger partial charge < -0.3 is 10.6 Å². The van der Waals surface area contributed by atoms with Crippen LogP contribution in [0, 0.1) is 19.8 Å². The molecule has 0 unspecified atom stereocenters. The van der Waals surface area contributed by atoms with E-state index in [-0.39, 0.29) is 17.7 Å². The number of hydrogen-bond acceptors (Lipinski definition) is 4. The molecular formula is C18H23N5O. The van der Waals surface area contributed by atoms with Crippen molar-refractivity contribution in [3.63, 3.8) is 0 Å². The second-order valence-electron chi connectivity index (χ2n) is 6.34. The summed E-state index contributed by atoms with van der Waals surface area (Å²) in [6, 6.07) is 6.36. The van der Waals surface area contributed by atoms with E-state index in [4.69, 9.17) is 5.73 Å². The molecule has 3 rings (SSSR count). The number of nitrogens with two attached hydrogens (primary N) is 1. The number of nitrogens with one attached hydrogen (secondary N) is 1. The van der Waals surface area contributed by atoms with Gasteiger partial charge in [0.05, 0.1) is 0 Å². The maximum atomic E-state index is 12.3. The molecule has 2 heterocycles. The monoisotopic (exact) mass is 325 g/mol. The highest BCUT2D eigenvalue weighted by Gasteiger charge is 2.24. The maximum absolute atomic E-state index is 12.3. The minimum absolute atomic E-state index is 0.102. The van der Waals surface area contributed by atoms with Gasteiger partial charge in [0.1, 0.15) is 0 Å². The van der Waals surface area contributed by atoms with Gasteiger partial charge in [-0.3, -0.25) is 9.89 Å². The van der Waals surface area contributed by atoms with Crippen molar-refractivity contribution < 1.29 is 4.79 Å². The smallest absolute Gasteiger partial charge is 0.291 e. The molecule has 0 radical (unpaired) electrons. The molecule has 6 heteroatoms. The van der Waals surface area contributed by atoms with Crippen LogP contribution in [0.2, 0.25) is 0 Å². The van der Waals surface area contributed by atoms with E-state index >= 15 is 0 Å². The third kappa shape index (κ3) is 3.48. The summed E-state index contributed by atoms with van der Waals surface area (Å²) in [6.07, 6.45) is 6.42. The molecular weight excluding hydrogens is 302 g/mol. The lowest BCUT2D eigenvalue weighted by molar-refractivity contribution is 0.0694. The molecule has 1 amide bonds. The number of amides is 1. The summed E-state index contributed by atoms with van der Waals surface area (Å²) < 4.78 is 0. The van der Waals surface area contributed by atoms with Crippen molar-refractivity contribution in [3.05, 3.63) is 46.8 Å². The van der Waals surface area contributed by atoms with E-state index in [9.17, 15) is 4.79 Å². The van der Waals surface area contributed by atoms with Crippen LogP contribution in [0.15, 0.2) is 24.3 Å². The molecule has 1 aromatic heterocycles. The van der Waals surface area contributed by atoms with Crippen LogP contribution in [0.3, 0.4) is 0 Å². The van der Waals surface area contributed by atoms with Crippen LogP contribution in [-0.2, 0) is 0 Å². The summed E-state index contributed by atoms with van der Waals surface area (Å²) in [4.78, 5) is 18.0. The Morgan fingerprint density at radius 2 is 1.96 bits per heavy atom. The van der Waals surface area contributed by atoms with Gasteiger partial charge in [-0.25, -0.2) is 0 Å². The standard InChI is InChI=1S/C18H23N5O/c1-12-4-3-5-13(2)15(12)7-6-14-8-10-23(11-9-14)17(24)16-20-18(19)22-21-16/h3-7,14H,8-11H2,1-2H3,(H3,19,20,21,22). The van der Waals surface area contributed by atoms with E-state index in [1.54, 1.807) is 0 Å². The lowest BCUT2D eigenvalue weighted by Crippen LogP contribution is -2.38. The molecule has 1 aliphatic heterocycles. The first kappa shape index (κ1) is 16.2. The highest BCUT2D eigenvalue weighted by molar-refractivity contribution is 5.90. The molecule has 0 atom stereocenters. The van der Waals surface area contributed by atoms with E-state index < -0.39 is 0 Å². The number of piperidine rings is 1. The SMILES string of the molecule is Cc1cccc(C)c1C=CC1CCN(C(=O)c2nc(N)n[nH]2)CC1. The van der Waals surface area contributed by atoms with Gasteiger partial charge in [0.15, 0.2) is 0 Å². The quantitative estimate of drug-likeness (QED) is 0.908. The van der Waals surface area contributed by atoms with E-state index in [2.05, 4.69) is 59.4 Å². The van der Waals surface area contributed by atoms with Crippen molar-refractivity contribution in [2.24, 2.45) is 5.92 Å². The number of hydrogen-bond donors (Lipinski definition) is 2. The first-order valence-electron chi connectivity index (χ1n) is 8.26. The minimum Gasteiger partial charge on any atom is -0.366 e. The Hall–Kier alpha value is -2.63. The number of likely N-dealkylation sites (tertiary alicyclic amines) is 1. The second kappa shape index (κ2) is 6.86. The summed E-state index contributed by atoms with van der Waals surface area (Å²) in [6.45, 7) is 5.72. The van der Waals surface area contributed by atoms with E-state index in [1.165, 1.54) is 16.7 Å². The van der Waals surface area contributed by atoms with E-state index in [0.717, 1.165) is 25.9 Å². The number of anilines is 1. The molecule has 1 aliphatic rings. The van der Waals surface area contributed by atoms with Crippen molar-refractivity contribution in [1.29, 1.82) is 0 Å². The zero-order valence-electron chi connectivity index (χ0n) is 14.1. The summed E-state index contributed by atoms with van der Waals surface area (Å²) in [5.41, 5.74) is 9.34. The third-order valence-corrected chi connectivity index (χ3v) is 4.61. The Morgan fingerprint density at radius 1 is 1.29 bits per heavy atom. The van der Waals surface area contributed by atoms with Crippen molar-refractivity contribution in [3.8, 4) is 0 Å². The molecule has 24 heavy (non-hydrogen) atoms. The number of aromatic amines is 1. The summed E-state index contributed by atoms with van der Waals surface area (Å²) >= 11 is 0. The topological polar surface area (TPSA) is 87.9 Å². The zero-order valence-corrected chi connectivity index (χ0v) is 14.1. The molecule has 0 aliphatic carbocycles. The number of carbonyl (C=O) groups excluding carboxylic acids is 1. The van der Waals surface area contributed by atoms with Crippen LogP contribution in [0.1, 0.15) is 40.2 Å². The van der Waals surface area contributed by atoms with Crippen LogP contribution >= 0.6 is 0 Å². The van der Waals surface area contributed by atoms with Gasteiger partial charge in [0.2, 0.25) is 11.8 Å². The number of nitrogens with zero attached hydrogens (tertiary/aromatic N) is 3. The predicted octanol–water partition coefficient (Wildman–Crippen LogP) is 2.57. The molecule has 0 bridgehead atoms. The molecule has 1 saturated heterocycles. The third-order valence-electron chi connectivity index (χ3n) is 4.61. The molecule has 2 aromatic rings. The minimum atomic E-state index is -0.128. The number of allylic oxidation sites excluding steroid dienone is 1. The average molecular weight is 325 g/mol. The van der Waals surface area contributed by atoms with Gasteiger partial charge >= 0.3 is 0 Å². The normalized spacial score (nSPS) is 16.0. The van der Waals surface area contributed by atoms with E-state index in [0.29, 0.717) is 5.92 Å². The largest absolute Gasteiger partial charge is 0.366 e. The Labute approximate surface area is 141 Å². The fourth-order valence-corrected chi connectivity index (χ4v) is 3.14. The summed E-state index contributed by atoms with van der Waals surface area (Å²) in [5.74, 6) is 0.686. The fraction of sp³-hybridized carbons (Fsp3) is 0.389. The Morgan fingerprint density at radius 3 is 2.54 bits per heavy atom. The Bertz CT molecular complexity index is 736. The van der Waals surface area contributed by atoms with Crippen molar-refractivity contribution >= 4 is 17.9 Å². The summed E-state index contributed by atoms with van der Waals surface area (Å²) in [5, 5.41) is 6.29. The molecule has 1 aromatic carbocycles. The number of aromatic nitrogens is 3. The van der Waals surface area contributed by atoms with Crippen LogP contribution < -0.4 is 5.73 Å². The summed E-state index contributed by atoms with van der Waals surface area (Å²) in [7, 11) is 0. The molecule has 6 nitrogen and oxygen atoms in total. The highest BCUT2D eigenvalue weighted by atomic mass is 16.2. The Kier molecular flexibility index (Phi) is 4.64. The lowest BCUT2D eigenvalue weighted by atomic mass is 9.94. The number of aryl methyl sites for hydroxylation is 2.